The lowest BCUT2D eigenvalue weighted by molar-refractivity contribution is 0.0963. The molecule has 2 rings (SSSR count). The van der Waals surface area contributed by atoms with Crippen LogP contribution in [-0.2, 0) is 0 Å². The SMILES string of the molecule is CNC(=O)c1cccc(NC(C)c2ccc(Cl)cc2)c1. The van der Waals surface area contributed by atoms with Gasteiger partial charge < -0.3 is 10.6 Å². The van der Waals surface area contributed by atoms with Crippen LogP contribution >= 0.6 is 11.6 Å². The Morgan fingerprint density at radius 1 is 1.15 bits per heavy atom. The Hall–Kier alpha value is -2.00. The average molecular weight is 289 g/mol. The summed E-state index contributed by atoms with van der Waals surface area (Å²) in [5, 5.41) is 6.72. The Morgan fingerprint density at radius 3 is 2.50 bits per heavy atom. The highest BCUT2D eigenvalue weighted by atomic mass is 35.5. The van der Waals surface area contributed by atoms with Gasteiger partial charge in [0.1, 0.15) is 0 Å². The molecule has 0 spiro atoms. The first-order chi connectivity index (χ1) is 9.60. The van der Waals surface area contributed by atoms with Gasteiger partial charge in [0.25, 0.3) is 5.91 Å². The molecule has 1 amide bonds. The zero-order chi connectivity index (χ0) is 14.5. The molecule has 0 saturated carbocycles. The monoisotopic (exact) mass is 288 g/mol. The third kappa shape index (κ3) is 3.52. The van der Waals surface area contributed by atoms with Crippen molar-refractivity contribution in [1.82, 2.24) is 5.32 Å². The number of rotatable bonds is 4. The fraction of sp³-hybridized carbons (Fsp3) is 0.188. The maximum absolute atomic E-state index is 11.6. The summed E-state index contributed by atoms with van der Waals surface area (Å²) in [5.74, 6) is -0.0900. The van der Waals surface area contributed by atoms with E-state index in [-0.39, 0.29) is 11.9 Å². The first-order valence-electron chi connectivity index (χ1n) is 6.44. The number of anilines is 1. The number of hydrogen-bond acceptors (Lipinski definition) is 2. The summed E-state index contributed by atoms with van der Waals surface area (Å²) >= 11 is 5.88. The average Bonchev–Trinajstić information content (AvgIpc) is 2.47. The summed E-state index contributed by atoms with van der Waals surface area (Å²) in [6.45, 7) is 2.07. The van der Waals surface area contributed by atoms with Crippen LogP contribution in [0.25, 0.3) is 0 Å². The lowest BCUT2D eigenvalue weighted by Crippen LogP contribution is -2.18. The molecule has 0 fully saturated rings. The molecule has 0 bridgehead atoms. The van der Waals surface area contributed by atoms with Crippen molar-refractivity contribution in [3.05, 3.63) is 64.7 Å². The van der Waals surface area contributed by atoms with Crippen molar-refractivity contribution in [1.29, 1.82) is 0 Å². The molecule has 1 atom stereocenters. The summed E-state index contributed by atoms with van der Waals surface area (Å²) in [7, 11) is 1.62. The Kier molecular flexibility index (Phi) is 4.64. The summed E-state index contributed by atoms with van der Waals surface area (Å²) in [5.41, 5.74) is 2.69. The van der Waals surface area contributed by atoms with Crippen molar-refractivity contribution >= 4 is 23.2 Å². The molecule has 0 aliphatic carbocycles. The normalized spacial score (nSPS) is 11.8. The van der Waals surface area contributed by atoms with Crippen LogP contribution in [-0.4, -0.2) is 13.0 Å². The zero-order valence-electron chi connectivity index (χ0n) is 11.5. The Labute approximate surface area is 124 Å². The summed E-state index contributed by atoms with van der Waals surface area (Å²) in [6.07, 6.45) is 0. The Morgan fingerprint density at radius 2 is 1.85 bits per heavy atom. The molecule has 1 unspecified atom stereocenters. The molecular weight excluding hydrogens is 272 g/mol. The van der Waals surface area contributed by atoms with Crippen LogP contribution in [0.4, 0.5) is 5.69 Å². The van der Waals surface area contributed by atoms with E-state index in [1.165, 1.54) is 0 Å². The van der Waals surface area contributed by atoms with E-state index >= 15 is 0 Å². The zero-order valence-corrected chi connectivity index (χ0v) is 12.2. The summed E-state index contributed by atoms with van der Waals surface area (Å²) in [4.78, 5) is 11.6. The van der Waals surface area contributed by atoms with Crippen LogP contribution in [0.3, 0.4) is 0 Å². The van der Waals surface area contributed by atoms with Gasteiger partial charge >= 0.3 is 0 Å². The van der Waals surface area contributed by atoms with Crippen molar-refractivity contribution in [3.8, 4) is 0 Å². The summed E-state index contributed by atoms with van der Waals surface area (Å²) in [6, 6.07) is 15.3. The van der Waals surface area contributed by atoms with Crippen LogP contribution in [0, 0.1) is 0 Å². The van der Waals surface area contributed by atoms with Crippen LogP contribution < -0.4 is 10.6 Å². The quantitative estimate of drug-likeness (QED) is 0.896. The fourth-order valence-corrected chi connectivity index (χ4v) is 2.11. The number of benzene rings is 2. The highest BCUT2D eigenvalue weighted by Crippen LogP contribution is 2.21. The number of amides is 1. The van der Waals surface area contributed by atoms with E-state index < -0.39 is 0 Å². The van der Waals surface area contributed by atoms with E-state index in [4.69, 9.17) is 11.6 Å². The van der Waals surface area contributed by atoms with Crippen LogP contribution in [0.1, 0.15) is 28.9 Å². The predicted octanol–water partition coefficient (Wildman–Crippen LogP) is 3.87. The van der Waals surface area contributed by atoms with E-state index in [0.29, 0.717) is 5.56 Å². The predicted molar refractivity (Wildman–Crippen MR) is 83.3 cm³/mol. The molecule has 0 radical (unpaired) electrons. The lowest BCUT2D eigenvalue weighted by Gasteiger charge is -2.16. The van der Waals surface area contributed by atoms with Gasteiger partial charge in [-0.15, -0.1) is 0 Å². The van der Waals surface area contributed by atoms with Crippen molar-refractivity contribution in [2.24, 2.45) is 0 Å². The number of carbonyl (C=O) groups is 1. The minimum atomic E-state index is -0.0900. The molecule has 2 N–H and O–H groups in total. The number of nitrogens with one attached hydrogen (secondary N) is 2. The highest BCUT2D eigenvalue weighted by Gasteiger charge is 2.07. The lowest BCUT2D eigenvalue weighted by atomic mass is 10.1. The largest absolute Gasteiger partial charge is 0.379 e. The van der Waals surface area contributed by atoms with Crippen molar-refractivity contribution < 1.29 is 4.79 Å². The van der Waals surface area contributed by atoms with Crippen LogP contribution in [0.5, 0.6) is 0 Å². The summed E-state index contributed by atoms with van der Waals surface area (Å²) < 4.78 is 0. The first-order valence-corrected chi connectivity index (χ1v) is 6.82. The number of hydrogen-bond donors (Lipinski definition) is 2. The van der Waals surface area contributed by atoms with E-state index in [1.54, 1.807) is 13.1 Å². The molecule has 4 heteroatoms. The minimum absolute atomic E-state index is 0.0900. The van der Waals surface area contributed by atoms with Crippen LogP contribution in [0.2, 0.25) is 5.02 Å². The molecule has 0 aliphatic rings. The smallest absolute Gasteiger partial charge is 0.251 e. The van der Waals surface area contributed by atoms with E-state index in [2.05, 4.69) is 17.6 Å². The van der Waals surface area contributed by atoms with E-state index in [0.717, 1.165) is 16.3 Å². The topological polar surface area (TPSA) is 41.1 Å². The highest BCUT2D eigenvalue weighted by molar-refractivity contribution is 6.30. The molecule has 104 valence electrons. The van der Waals surface area contributed by atoms with Gasteiger partial charge in [-0.2, -0.15) is 0 Å². The third-order valence-corrected chi connectivity index (χ3v) is 3.36. The molecule has 0 aliphatic heterocycles. The molecular formula is C16H17ClN2O. The van der Waals surface area contributed by atoms with Crippen molar-refractivity contribution in [3.63, 3.8) is 0 Å². The van der Waals surface area contributed by atoms with Gasteiger partial charge in [0, 0.05) is 29.4 Å². The van der Waals surface area contributed by atoms with Crippen molar-refractivity contribution in [2.75, 3.05) is 12.4 Å². The first kappa shape index (κ1) is 14.4. The second-order valence-electron chi connectivity index (χ2n) is 4.58. The van der Waals surface area contributed by atoms with Crippen molar-refractivity contribution in [2.45, 2.75) is 13.0 Å². The Bertz CT molecular complexity index is 596. The third-order valence-electron chi connectivity index (χ3n) is 3.10. The molecule has 20 heavy (non-hydrogen) atoms. The van der Waals surface area contributed by atoms with Gasteiger partial charge in [-0.3, -0.25) is 4.79 Å². The molecule has 0 heterocycles. The maximum atomic E-state index is 11.6. The van der Waals surface area contributed by atoms with Gasteiger partial charge in [0.05, 0.1) is 0 Å². The van der Waals surface area contributed by atoms with E-state index in [1.807, 2.05) is 42.5 Å². The number of halogens is 1. The number of carbonyl (C=O) groups excluding carboxylic acids is 1. The molecule has 2 aromatic carbocycles. The maximum Gasteiger partial charge on any atom is 0.251 e. The Balaban J connectivity index is 2.13. The van der Waals surface area contributed by atoms with Crippen LogP contribution in [0.15, 0.2) is 48.5 Å². The molecule has 0 aromatic heterocycles. The second-order valence-corrected chi connectivity index (χ2v) is 5.01. The molecule has 3 nitrogen and oxygen atoms in total. The second kappa shape index (κ2) is 6.44. The van der Waals surface area contributed by atoms with Gasteiger partial charge in [-0.25, -0.2) is 0 Å². The van der Waals surface area contributed by atoms with E-state index in [9.17, 15) is 4.79 Å². The minimum Gasteiger partial charge on any atom is -0.379 e. The fourth-order valence-electron chi connectivity index (χ4n) is 1.98. The van der Waals surface area contributed by atoms with Gasteiger partial charge in [-0.05, 0) is 42.8 Å². The van der Waals surface area contributed by atoms with Gasteiger partial charge in [0.2, 0.25) is 0 Å². The molecule has 0 saturated heterocycles. The standard InChI is InChI=1S/C16H17ClN2O/c1-11(12-6-8-14(17)9-7-12)19-15-5-3-4-13(10-15)16(20)18-2/h3-11,19H,1-2H3,(H,18,20). The molecule has 2 aromatic rings. The van der Waals surface area contributed by atoms with Gasteiger partial charge in [-0.1, -0.05) is 29.8 Å². The van der Waals surface area contributed by atoms with Gasteiger partial charge in [0.15, 0.2) is 0 Å².